The number of aromatic nitrogens is 1. The SMILES string of the molecule is COc1nc(COc2ccc(B3OC(C)(C)C(C)(C)O3)cc2OC)cs1. The summed E-state index contributed by atoms with van der Waals surface area (Å²) in [4.78, 5) is 4.30. The third kappa shape index (κ3) is 3.67. The van der Waals surface area contributed by atoms with Gasteiger partial charge in [0.25, 0.3) is 5.19 Å². The molecule has 0 atom stereocenters. The number of ether oxygens (including phenoxy) is 3. The van der Waals surface area contributed by atoms with Crippen molar-refractivity contribution in [1.29, 1.82) is 0 Å². The Labute approximate surface area is 158 Å². The third-order valence-corrected chi connectivity index (χ3v) is 5.64. The van der Waals surface area contributed by atoms with Crippen molar-refractivity contribution < 1.29 is 23.5 Å². The molecule has 1 aromatic heterocycles. The summed E-state index contributed by atoms with van der Waals surface area (Å²) < 4.78 is 28.6. The van der Waals surface area contributed by atoms with E-state index < -0.39 is 7.12 Å². The Kier molecular flexibility index (Phi) is 5.19. The fourth-order valence-corrected chi connectivity index (χ4v) is 3.15. The lowest BCUT2D eigenvalue weighted by molar-refractivity contribution is 0.00578. The molecule has 2 heterocycles. The molecule has 8 heteroatoms. The zero-order chi connectivity index (χ0) is 18.9. The van der Waals surface area contributed by atoms with E-state index in [2.05, 4.69) is 4.98 Å². The van der Waals surface area contributed by atoms with Crippen LogP contribution in [-0.2, 0) is 15.9 Å². The Bertz CT molecular complexity index is 761. The molecule has 0 saturated carbocycles. The maximum atomic E-state index is 6.09. The van der Waals surface area contributed by atoms with Gasteiger partial charge in [0, 0.05) is 5.38 Å². The molecule has 1 aliphatic rings. The standard InChI is InChI=1S/C18H24BNO5S/c1-17(2)18(3,4)25-19(24-17)12-7-8-14(15(9-12)21-5)23-10-13-11-26-16(20-13)22-6/h7-9,11H,10H2,1-6H3. The van der Waals surface area contributed by atoms with Crippen molar-refractivity contribution in [3.05, 3.63) is 29.3 Å². The molecular weight excluding hydrogens is 353 g/mol. The van der Waals surface area contributed by atoms with E-state index >= 15 is 0 Å². The van der Waals surface area contributed by atoms with Crippen molar-refractivity contribution in [1.82, 2.24) is 4.98 Å². The number of methoxy groups -OCH3 is 2. The highest BCUT2D eigenvalue weighted by molar-refractivity contribution is 7.11. The second-order valence-corrected chi connectivity index (χ2v) is 7.92. The molecule has 0 N–H and O–H groups in total. The van der Waals surface area contributed by atoms with Gasteiger partial charge in [0.05, 0.1) is 31.1 Å². The molecule has 0 amide bonds. The van der Waals surface area contributed by atoms with Crippen LogP contribution in [0.5, 0.6) is 16.7 Å². The molecule has 0 aliphatic carbocycles. The van der Waals surface area contributed by atoms with Crippen molar-refractivity contribution in [3.8, 4) is 16.7 Å². The number of hydrogen-bond acceptors (Lipinski definition) is 7. The number of thiazole rings is 1. The predicted molar refractivity (Wildman–Crippen MR) is 102 cm³/mol. The highest BCUT2D eigenvalue weighted by Crippen LogP contribution is 2.37. The molecular formula is C18H24BNO5S. The summed E-state index contributed by atoms with van der Waals surface area (Å²) in [5.41, 5.74) is 0.931. The molecule has 1 aliphatic heterocycles. The first kappa shape index (κ1) is 19.0. The van der Waals surface area contributed by atoms with Gasteiger partial charge < -0.3 is 23.5 Å². The average molecular weight is 377 g/mol. The van der Waals surface area contributed by atoms with Gasteiger partial charge in [0.2, 0.25) is 0 Å². The van der Waals surface area contributed by atoms with Crippen LogP contribution in [0.15, 0.2) is 23.6 Å². The van der Waals surface area contributed by atoms with Crippen LogP contribution in [0.25, 0.3) is 0 Å². The van der Waals surface area contributed by atoms with Crippen molar-refractivity contribution in [2.24, 2.45) is 0 Å². The highest BCUT2D eigenvalue weighted by atomic mass is 32.1. The van der Waals surface area contributed by atoms with Gasteiger partial charge in [-0.2, -0.15) is 0 Å². The van der Waals surface area contributed by atoms with E-state index in [1.165, 1.54) is 11.3 Å². The van der Waals surface area contributed by atoms with E-state index in [4.69, 9.17) is 23.5 Å². The van der Waals surface area contributed by atoms with Crippen LogP contribution in [-0.4, -0.2) is 37.5 Å². The third-order valence-electron chi connectivity index (χ3n) is 4.79. The Morgan fingerprint density at radius 1 is 1.04 bits per heavy atom. The summed E-state index contributed by atoms with van der Waals surface area (Å²) in [6.07, 6.45) is 0. The molecule has 2 aromatic rings. The highest BCUT2D eigenvalue weighted by Gasteiger charge is 2.51. The van der Waals surface area contributed by atoms with Crippen molar-refractivity contribution >= 4 is 23.9 Å². The van der Waals surface area contributed by atoms with Gasteiger partial charge >= 0.3 is 7.12 Å². The number of benzene rings is 1. The molecule has 1 saturated heterocycles. The average Bonchev–Trinajstić information content (AvgIpc) is 3.14. The molecule has 0 radical (unpaired) electrons. The monoisotopic (exact) mass is 377 g/mol. The maximum absolute atomic E-state index is 6.09. The van der Waals surface area contributed by atoms with E-state index in [-0.39, 0.29) is 11.2 Å². The summed E-state index contributed by atoms with van der Waals surface area (Å²) in [6, 6.07) is 5.68. The first-order valence-corrected chi connectivity index (χ1v) is 9.28. The van der Waals surface area contributed by atoms with Gasteiger partial charge in [-0.05, 0) is 45.3 Å². The molecule has 0 spiro atoms. The molecule has 3 rings (SSSR count). The fraction of sp³-hybridized carbons (Fsp3) is 0.500. The van der Waals surface area contributed by atoms with Crippen molar-refractivity contribution in [3.63, 3.8) is 0 Å². The molecule has 1 fully saturated rings. The number of rotatable bonds is 6. The Morgan fingerprint density at radius 3 is 2.31 bits per heavy atom. The van der Waals surface area contributed by atoms with Crippen LogP contribution in [0.2, 0.25) is 0 Å². The lowest BCUT2D eigenvalue weighted by Gasteiger charge is -2.32. The molecule has 0 bridgehead atoms. The van der Waals surface area contributed by atoms with Crippen LogP contribution >= 0.6 is 11.3 Å². The largest absolute Gasteiger partial charge is 0.494 e. The zero-order valence-electron chi connectivity index (χ0n) is 16.0. The summed E-state index contributed by atoms with van der Waals surface area (Å²) >= 11 is 1.44. The van der Waals surface area contributed by atoms with E-state index in [9.17, 15) is 0 Å². The number of hydrogen-bond donors (Lipinski definition) is 0. The topological polar surface area (TPSA) is 59.0 Å². The maximum Gasteiger partial charge on any atom is 0.494 e. The Hall–Kier alpha value is -1.77. The first-order valence-electron chi connectivity index (χ1n) is 8.40. The van der Waals surface area contributed by atoms with Gasteiger partial charge in [-0.1, -0.05) is 17.4 Å². The lowest BCUT2D eigenvalue weighted by atomic mass is 9.79. The molecule has 0 unspecified atom stereocenters. The van der Waals surface area contributed by atoms with Gasteiger partial charge in [0.15, 0.2) is 11.5 Å². The van der Waals surface area contributed by atoms with Crippen LogP contribution in [0.1, 0.15) is 33.4 Å². The smallest absolute Gasteiger partial charge is 0.493 e. The molecule has 1 aromatic carbocycles. The van der Waals surface area contributed by atoms with Gasteiger partial charge in [0.1, 0.15) is 6.61 Å². The molecule has 26 heavy (non-hydrogen) atoms. The van der Waals surface area contributed by atoms with Gasteiger partial charge in [-0.15, -0.1) is 0 Å². The summed E-state index contributed by atoms with van der Waals surface area (Å²) in [5.74, 6) is 1.26. The van der Waals surface area contributed by atoms with Gasteiger partial charge in [-0.25, -0.2) is 4.98 Å². The first-order chi connectivity index (χ1) is 12.3. The molecule has 6 nitrogen and oxygen atoms in total. The minimum atomic E-state index is -0.439. The minimum Gasteiger partial charge on any atom is -0.493 e. The minimum absolute atomic E-state index is 0.339. The van der Waals surface area contributed by atoms with Crippen molar-refractivity contribution in [2.45, 2.75) is 45.5 Å². The predicted octanol–water partition coefficient (Wildman–Crippen LogP) is 3.04. The summed E-state index contributed by atoms with van der Waals surface area (Å²) in [6.45, 7) is 8.47. The van der Waals surface area contributed by atoms with Crippen molar-refractivity contribution in [2.75, 3.05) is 14.2 Å². The fourth-order valence-electron chi connectivity index (χ4n) is 2.53. The summed E-state index contributed by atoms with van der Waals surface area (Å²) in [5, 5.41) is 2.52. The van der Waals surface area contributed by atoms with E-state index in [0.29, 0.717) is 23.3 Å². The van der Waals surface area contributed by atoms with E-state index in [0.717, 1.165) is 11.2 Å². The zero-order valence-corrected chi connectivity index (χ0v) is 16.8. The van der Waals surface area contributed by atoms with E-state index in [1.54, 1.807) is 14.2 Å². The lowest BCUT2D eigenvalue weighted by Crippen LogP contribution is -2.41. The van der Waals surface area contributed by atoms with Crippen LogP contribution in [0, 0.1) is 0 Å². The number of nitrogens with zero attached hydrogens (tertiary/aromatic N) is 1. The normalized spacial score (nSPS) is 18.0. The van der Waals surface area contributed by atoms with E-state index in [1.807, 2.05) is 51.3 Å². The Balaban J connectivity index is 1.74. The van der Waals surface area contributed by atoms with Crippen LogP contribution < -0.4 is 19.7 Å². The van der Waals surface area contributed by atoms with Crippen LogP contribution in [0.3, 0.4) is 0 Å². The quantitative estimate of drug-likeness (QED) is 0.722. The van der Waals surface area contributed by atoms with Gasteiger partial charge in [-0.3, -0.25) is 0 Å². The molecule has 140 valence electrons. The second kappa shape index (κ2) is 7.10. The Morgan fingerprint density at radius 2 is 1.73 bits per heavy atom. The second-order valence-electron chi connectivity index (χ2n) is 7.10. The summed E-state index contributed by atoms with van der Waals surface area (Å²) in [7, 11) is 2.77. The van der Waals surface area contributed by atoms with Crippen LogP contribution in [0.4, 0.5) is 0 Å².